The predicted octanol–water partition coefficient (Wildman–Crippen LogP) is 1.36. The van der Waals surface area contributed by atoms with E-state index in [1.54, 1.807) is 35.4 Å². The third-order valence-electron chi connectivity index (χ3n) is 5.04. The molecule has 1 fully saturated rings. The van der Waals surface area contributed by atoms with Crippen molar-refractivity contribution in [1.82, 2.24) is 15.2 Å². The first kappa shape index (κ1) is 18.9. The highest BCUT2D eigenvalue weighted by molar-refractivity contribution is 6.04. The number of carbonyl (C=O) groups is 3. The second kappa shape index (κ2) is 8.30. The summed E-state index contributed by atoms with van der Waals surface area (Å²) in [6.45, 7) is 1.47. The average molecular weight is 394 g/mol. The highest BCUT2D eigenvalue weighted by Gasteiger charge is 2.29. The average Bonchev–Trinajstić information content (AvgIpc) is 3.29. The van der Waals surface area contributed by atoms with Crippen LogP contribution in [0.5, 0.6) is 5.75 Å². The minimum absolute atomic E-state index is 0.0668. The Labute approximate surface area is 168 Å². The fourth-order valence-corrected chi connectivity index (χ4v) is 3.50. The Hall–Kier alpha value is -3.42. The number of fused-ring (bicyclic) bond motifs is 1. The van der Waals surface area contributed by atoms with Crippen molar-refractivity contribution in [2.75, 3.05) is 31.1 Å². The van der Waals surface area contributed by atoms with Crippen molar-refractivity contribution in [2.24, 2.45) is 0 Å². The van der Waals surface area contributed by atoms with Crippen LogP contribution in [0, 0.1) is 0 Å². The Bertz CT molecular complexity index is 926. The highest BCUT2D eigenvalue weighted by Crippen LogP contribution is 2.33. The number of pyridine rings is 1. The third-order valence-corrected chi connectivity index (χ3v) is 5.04. The maximum absolute atomic E-state index is 12.7. The molecule has 8 heteroatoms. The molecule has 0 aliphatic carbocycles. The van der Waals surface area contributed by atoms with E-state index in [1.807, 2.05) is 12.1 Å². The van der Waals surface area contributed by atoms with Gasteiger partial charge < -0.3 is 15.0 Å². The molecule has 3 amide bonds. The lowest BCUT2D eigenvalue weighted by molar-refractivity contribution is -0.125. The van der Waals surface area contributed by atoms with E-state index in [-0.39, 0.29) is 37.4 Å². The lowest BCUT2D eigenvalue weighted by Gasteiger charge is -2.29. The molecule has 0 bridgehead atoms. The molecule has 3 heterocycles. The lowest BCUT2D eigenvalue weighted by Crippen LogP contribution is -2.45. The van der Waals surface area contributed by atoms with Crippen molar-refractivity contribution in [2.45, 2.75) is 19.4 Å². The van der Waals surface area contributed by atoms with Crippen LogP contribution >= 0.6 is 0 Å². The number of nitrogens with one attached hydrogen (secondary N) is 1. The molecule has 0 atom stereocenters. The molecular weight excluding hydrogens is 372 g/mol. The zero-order valence-corrected chi connectivity index (χ0v) is 16.0. The number of amides is 3. The first-order valence-electron chi connectivity index (χ1n) is 9.65. The second-order valence-electron chi connectivity index (χ2n) is 7.05. The molecule has 150 valence electrons. The Morgan fingerprint density at radius 1 is 1.14 bits per heavy atom. The van der Waals surface area contributed by atoms with Crippen LogP contribution in [0.2, 0.25) is 0 Å². The summed E-state index contributed by atoms with van der Waals surface area (Å²) in [5.74, 6) is -0.215. The maximum Gasteiger partial charge on any atom is 0.265 e. The third kappa shape index (κ3) is 4.21. The van der Waals surface area contributed by atoms with Crippen LogP contribution in [0.4, 0.5) is 5.69 Å². The largest absolute Gasteiger partial charge is 0.482 e. The molecule has 8 nitrogen and oxygen atoms in total. The van der Waals surface area contributed by atoms with Gasteiger partial charge in [0.25, 0.3) is 11.8 Å². The number of nitrogens with zero attached hydrogens (tertiary/aromatic N) is 3. The van der Waals surface area contributed by atoms with Crippen LogP contribution in [0.15, 0.2) is 42.6 Å². The van der Waals surface area contributed by atoms with Gasteiger partial charge in [-0.3, -0.25) is 24.3 Å². The van der Waals surface area contributed by atoms with E-state index < -0.39 is 0 Å². The number of hydrogen-bond donors (Lipinski definition) is 1. The summed E-state index contributed by atoms with van der Waals surface area (Å²) in [7, 11) is 0. The molecule has 1 aromatic carbocycles. The minimum atomic E-state index is -0.323. The van der Waals surface area contributed by atoms with E-state index in [0.717, 1.165) is 31.6 Å². The molecular formula is C21H22N4O4. The molecule has 2 aliphatic rings. The second-order valence-corrected chi connectivity index (χ2v) is 7.05. The summed E-state index contributed by atoms with van der Waals surface area (Å²) in [5.41, 5.74) is 1.66. The van der Waals surface area contributed by atoms with Gasteiger partial charge in [-0.2, -0.15) is 0 Å². The minimum Gasteiger partial charge on any atom is -0.482 e. The molecule has 0 saturated carbocycles. The van der Waals surface area contributed by atoms with Gasteiger partial charge in [-0.1, -0.05) is 6.07 Å². The highest BCUT2D eigenvalue weighted by atomic mass is 16.5. The number of rotatable bonds is 5. The Morgan fingerprint density at radius 3 is 2.72 bits per heavy atom. The van der Waals surface area contributed by atoms with Gasteiger partial charge in [0.2, 0.25) is 5.91 Å². The number of anilines is 1. The number of likely N-dealkylation sites (tertiary alicyclic amines) is 1. The smallest absolute Gasteiger partial charge is 0.265 e. The molecule has 1 aromatic heterocycles. The van der Waals surface area contributed by atoms with Crippen LogP contribution in [0.3, 0.4) is 0 Å². The summed E-state index contributed by atoms with van der Waals surface area (Å²) in [4.78, 5) is 44.9. The quantitative estimate of drug-likeness (QED) is 0.827. The van der Waals surface area contributed by atoms with Gasteiger partial charge in [0.1, 0.15) is 12.3 Å². The van der Waals surface area contributed by atoms with Gasteiger partial charge in [-0.15, -0.1) is 0 Å². The molecule has 29 heavy (non-hydrogen) atoms. The number of hydrogen-bond acceptors (Lipinski definition) is 5. The molecule has 0 unspecified atom stereocenters. The molecule has 0 radical (unpaired) electrons. The number of ether oxygens (including phenoxy) is 1. The molecule has 1 saturated heterocycles. The fraction of sp³-hybridized carbons (Fsp3) is 0.333. The van der Waals surface area contributed by atoms with Gasteiger partial charge in [0.15, 0.2) is 6.61 Å². The summed E-state index contributed by atoms with van der Waals surface area (Å²) in [6.07, 6.45) is 3.66. The van der Waals surface area contributed by atoms with Gasteiger partial charge in [-0.25, -0.2) is 0 Å². The number of aromatic nitrogens is 1. The van der Waals surface area contributed by atoms with E-state index in [4.69, 9.17) is 4.74 Å². The number of benzene rings is 1. The Morgan fingerprint density at radius 2 is 1.97 bits per heavy atom. The van der Waals surface area contributed by atoms with Crippen molar-refractivity contribution in [1.29, 1.82) is 0 Å². The maximum atomic E-state index is 12.7. The monoisotopic (exact) mass is 394 g/mol. The molecule has 2 aromatic rings. The van der Waals surface area contributed by atoms with Crippen LogP contribution in [0.25, 0.3) is 0 Å². The van der Waals surface area contributed by atoms with Crippen molar-refractivity contribution < 1.29 is 19.1 Å². The first-order valence-corrected chi connectivity index (χ1v) is 9.65. The van der Waals surface area contributed by atoms with Crippen molar-refractivity contribution >= 4 is 23.4 Å². The van der Waals surface area contributed by atoms with Crippen LogP contribution in [-0.4, -0.2) is 53.8 Å². The van der Waals surface area contributed by atoms with Crippen molar-refractivity contribution in [3.05, 3.63) is 53.9 Å². The Balaban J connectivity index is 1.49. The normalized spacial score (nSPS) is 15.7. The zero-order valence-electron chi connectivity index (χ0n) is 16.0. The van der Waals surface area contributed by atoms with Crippen LogP contribution in [0.1, 0.15) is 28.9 Å². The van der Waals surface area contributed by atoms with E-state index in [9.17, 15) is 14.4 Å². The Kier molecular flexibility index (Phi) is 5.41. The zero-order chi connectivity index (χ0) is 20.2. The summed E-state index contributed by atoms with van der Waals surface area (Å²) in [5, 5.41) is 2.77. The van der Waals surface area contributed by atoms with E-state index in [2.05, 4.69) is 10.3 Å². The fourth-order valence-electron chi connectivity index (χ4n) is 3.50. The van der Waals surface area contributed by atoms with Gasteiger partial charge in [-0.05, 0) is 43.2 Å². The van der Waals surface area contributed by atoms with E-state index >= 15 is 0 Å². The molecule has 0 spiro atoms. The molecule has 1 N–H and O–H groups in total. The van der Waals surface area contributed by atoms with Crippen molar-refractivity contribution in [3.8, 4) is 5.75 Å². The summed E-state index contributed by atoms with van der Waals surface area (Å²) >= 11 is 0. The standard InChI is InChI=1S/C21H22N4O4/c26-19(23-12-16-5-1-2-8-22-16)13-25-17-11-15(21(28)24-9-3-4-10-24)6-7-18(17)29-14-20(25)27/h1-2,5-8,11H,3-4,9-10,12-14H2,(H,23,26). The lowest BCUT2D eigenvalue weighted by atomic mass is 10.1. The predicted molar refractivity (Wildman–Crippen MR) is 106 cm³/mol. The summed E-state index contributed by atoms with van der Waals surface area (Å²) < 4.78 is 5.48. The van der Waals surface area contributed by atoms with E-state index in [1.165, 1.54) is 4.90 Å². The summed E-state index contributed by atoms with van der Waals surface area (Å²) in [6, 6.07) is 10.5. The first-order chi connectivity index (χ1) is 14.1. The van der Waals surface area contributed by atoms with Gasteiger partial charge in [0, 0.05) is 24.8 Å². The van der Waals surface area contributed by atoms with Gasteiger partial charge >= 0.3 is 0 Å². The molecule has 2 aliphatic heterocycles. The van der Waals surface area contributed by atoms with Crippen LogP contribution < -0.4 is 15.0 Å². The van der Waals surface area contributed by atoms with Gasteiger partial charge in [0.05, 0.1) is 17.9 Å². The topological polar surface area (TPSA) is 91.8 Å². The SMILES string of the molecule is O=C(CN1C(=O)COc2ccc(C(=O)N3CCCC3)cc21)NCc1ccccn1. The number of carbonyl (C=O) groups excluding carboxylic acids is 3. The van der Waals surface area contributed by atoms with E-state index in [0.29, 0.717) is 17.0 Å². The van der Waals surface area contributed by atoms with Crippen molar-refractivity contribution in [3.63, 3.8) is 0 Å². The molecule has 4 rings (SSSR count). The van der Waals surface area contributed by atoms with Crippen LogP contribution in [-0.2, 0) is 16.1 Å².